The Labute approximate surface area is 241 Å². The minimum absolute atomic E-state index is 0.0792. The largest absolute Gasteiger partial charge is 0.491 e. The van der Waals surface area contributed by atoms with Crippen molar-refractivity contribution in [2.45, 2.75) is 37.8 Å². The predicted molar refractivity (Wildman–Crippen MR) is 158 cm³/mol. The van der Waals surface area contributed by atoms with Gasteiger partial charge in [0.2, 0.25) is 0 Å². The Balaban J connectivity index is 1.21. The van der Waals surface area contributed by atoms with E-state index in [1.54, 1.807) is 7.11 Å². The standard InChI is InChI=1S/C34H37NO6/c1-38-23-31(39-21-25-7-3-2-4-8-25)24-40-30-15-13-28(14-16-30)32-17-18-35(34(36)37)20-33(32)41-22-26-11-12-27-9-5-6-10-29(27)19-26/h2-16,19,31-33H,17-18,20-24H2,1H3,(H,36,37). The number of fused-ring (bicyclic) bond motifs is 1. The summed E-state index contributed by atoms with van der Waals surface area (Å²) in [6.45, 7) is 2.53. The Morgan fingerprint density at radius 1 is 0.878 bits per heavy atom. The van der Waals surface area contributed by atoms with Gasteiger partial charge in [0.15, 0.2) is 0 Å². The number of likely N-dealkylation sites (tertiary alicyclic amines) is 1. The van der Waals surface area contributed by atoms with Gasteiger partial charge in [0.25, 0.3) is 0 Å². The van der Waals surface area contributed by atoms with Crippen LogP contribution in [0.4, 0.5) is 4.79 Å². The number of carboxylic acid groups (broad SMARTS) is 1. The van der Waals surface area contributed by atoms with Crippen LogP contribution >= 0.6 is 0 Å². The summed E-state index contributed by atoms with van der Waals surface area (Å²) in [5.41, 5.74) is 3.28. The van der Waals surface area contributed by atoms with Crippen molar-refractivity contribution in [1.82, 2.24) is 4.90 Å². The summed E-state index contributed by atoms with van der Waals surface area (Å²) in [6, 6.07) is 32.6. The van der Waals surface area contributed by atoms with Crippen LogP contribution < -0.4 is 4.74 Å². The molecule has 0 aromatic heterocycles. The summed E-state index contributed by atoms with van der Waals surface area (Å²) in [5, 5.41) is 12.0. The van der Waals surface area contributed by atoms with E-state index in [1.807, 2.05) is 54.6 Å². The second-order valence-electron chi connectivity index (χ2n) is 10.4. The third-order valence-corrected chi connectivity index (χ3v) is 7.53. The highest BCUT2D eigenvalue weighted by molar-refractivity contribution is 5.82. The first kappa shape index (κ1) is 28.6. The molecule has 4 aromatic carbocycles. The summed E-state index contributed by atoms with van der Waals surface area (Å²) in [4.78, 5) is 13.2. The molecule has 1 fully saturated rings. The van der Waals surface area contributed by atoms with Gasteiger partial charge in [-0.3, -0.25) is 0 Å². The number of hydrogen-bond acceptors (Lipinski definition) is 5. The van der Waals surface area contributed by atoms with Gasteiger partial charge in [0.1, 0.15) is 18.5 Å². The van der Waals surface area contributed by atoms with Crippen molar-refractivity contribution >= 4 is 16.9 Å². The number of hydrogen-bond donors (Lipinski definition) is 1. The molecular weight excluding hydrogens is 518 g/mol. The van der Waals surface area contributed by atoms with Gasteiger partial charge < -0.3 is 29.0 Å². The van der Waals surface area contributed by atoms with E-state index >= 15 is 0 Å². The summed E-state index contributed by atoms with van der Waals surface area (Å²) in [6.07, 6.45) is -0.673. The Bertz CT molecular complexity index is 1390. The number of ether oxygens (including phenoxy) is 4. The van der Waals surface area contributed by atoms with Crippen molar-refractivity contribution < 1.29 is 28.8 Å². The van der Waals surface area contributed by atoms with Crippen LogP contribution in [0.3, 0.4) is 0 Å². The Kier molecular flexibility index (Phi) is 9.86. The topological polar surface area (TPSA) is 77.5 Å². The second kappa shape index (κ2) is 14.1. The molecule has 1 amide bonds. The lowest BCUT2D eigenvalue weighted by atomic mass is 9.87. The number of methoxy groups -OCH3 is 1. The SMILES string of the molecule is COCC(COc1ccc(C2CCN(C(=O)O)CC2OCc2ccc3ccccc3c2)cc1)OCc1ccccc1. The van der Waals surface area contributed by atoms with E-state index in [4.69, 9.17) is 18.9 Å². The lowest BCUT2D eigenvalue weighted by molar-refractivity contribution is -0.0339. The number of benzene rings is 4. The maximum atomic E-state index is 11.7. The van der Waals surface area contributed by atoms with Crippen molar-refractivity contribution in [2.75, 3.05) is 33.4 Å². The average Bonchev–Trinajstić information content (AvgIpc) is 3.02. The van der Waals surface area contributed by atoms with Gasteiger partial charge in [-0.1, -0.05) is 78.9 Å². The molecule has 1 aliphatic rings. The molecule has 1 N–H and O–H groups in total. The van der Waals surface area contributed by atoms with Gasteiger partial charge in [0, 0.05) is 19.6 Å². The Morgan fingerprint density at radius 2 is 1.63 bits per heavy atom. The summed E-state index contributed by atoms with van der Waals surface area (Å²) in [7, 11) is 1.65. The van der Waals surface area contributed by atoms with Crippen LogP contribution in [0.1, 0.15) is 29.0 Å². The number of amides is 1. The number of carbonyl (C=O) groups is 1. The van der Waals surface area contributed by atoms with E-state index in [1.165, 1.54) is 10.3 Å². The van der Waals surface area contributed by atoms with E-state index in [9.17, 15) is 9.90 Å². The minimum atomic E-state index is -0.911. The van der Waals surface area contributed by atoms with Crippen LogP contribution in [-0.4, -0.2) is 61.7 Å². The van der Waals surface area contributed by atoms with Crippen LogP contribution in [0.5, 0.6) is 5.75 Å². The first-order chi connectivity index (χ1) is 20.1. The highest BCUT2D eigenvalue weighted by Gasteiger charge is 2.33. The van der Waals surface area contributed by atoms with Gasteiger partial charge in [-0.05, 0) is 52.1 Å². The minimum Gasteiger partial charge on any atom is -0.491 e. The van der Waals surface area contributed by atoms with Crippen LogP contribution in [-0.2, 0) is 27.4 Å². The molecular formula is C34H37NO6. The molecule has 4 aromatic rings. The molecule has 1 aliphatic heterocycles. The number of piperidine rings is 1. The first-order valence-corrected chi connectivity index (χ1v) is 14.0. The van der Waals surface area contributed by atoms with E-state index in [0.717, 1.165) is 27.8 Å². The fourth-order valence-corrected chi connectivity index (χ4v) is 5.29. The van der Waals surface area contributed by atoms with Crippen LogP contribution in [0.2, 0.25) is 0 Å². The molecule has 1 heterocycles. The molecule has 0 radical (unpaired) electrons. The second-order valence-corrected chi connectivity index (χ2v) is 10.4. The lowest BCUT2D eigenvalue weighted by Gasteiger charge is -2.37. The van der Waals surface area contributed by atoms with E-state index < -0.39 is 6.09 Å². The fraction of sp³-hybridized carbons (Fsp3) is 0.324. The van der Waals surface area contributed by atoms with Crippen molar-refractivity contribution in [3.8, 4) is 5.75 Å². The van der Waals surface area contributed by atoms with Crippen molar-refractivity contribution in [2.24, 2.45) is 0 Å². The summed E-state index contributed by atoms with van der Waals surface area (Å²) in [5.74, 6) is 0.824. The maximum Gasteiger partial charge on any atom is 0.407 e. The fourth-order valence-electron chi connectivity index (χ4n) is 5.29. The van der Waals surface area contributed by atoms with Gasteiger partial charge in [-0.25, -0.2) is 4.79 Å². The number of rotatable bonds is 12. The number of nitrogens with zero attached hydrogens (tertiary/aromatic N) is 1. The molecule has 3 unspecified atom stereocenters. The smallest absolute Gasteiger partial charge is 0.407 e. The van der Waals surface area contributed by atoms with Gasteiger partial charge in [0.05, 0.1) is 32.5 Å². The van der Waals surface area contributed by atoms with Crippen LogP contribution in [0.15, 0.2) is 97.1 Å². The highest BCUT2D eigenvalue weighted by Crippen LogP contribution is 2.32. The molecule has 41 heavy (non-hydrogen) atoms. The van der Waals surface area contributed by atoms with Gasteiger partial charge in [-0.2, -0.15) is 0 Å². The zero-order valence-electron chi connectivity index (χ0n) is 23.4. The van der Waals surface area contributed by atoms with Crippen molar-refractivity contribution in [3.05, 3.63) is 114 Å². The molecule has 0 aliphatic carbocycles. The molecule has 3 atom stereocenters. The molecule has 7 nitrogen and oxygen atoms in total. The van der Waals surface area contributed by atoms with E-state index in [0.29, 0.717) is 45.9 Å². The van der Waals surface area contributed by atoms with Crippen molar-refractivity contribution in [1.29, 1.82) is 0 Å². The van der Waals surface area contributed by atoms with Gasteiger partial charge in [-0.15, -0.1) is 0 Å². The normalized spacial score (nSPS) is 17.8. The molecule has 5 rings (SSSR count). The Hall–Kier alpha value is -3.91. The average molecular weight is 556 g/mol. The molecule has 0 spiro atoms. The van der Waals surface area contributed by atoms with Gasteiger partial charge >= 0.3 is 6.09 Å². The zero-order chi connectivity index (χ0) is 28.4. The Morgan fingerprint density at radius 3 is 2.39 bits per heavy atom. The molecule has 1 saturated heterocycles. The van der Waals surface area contributed by atoms with Crippen molar-refractivity contribution in [3.63, 3.8) is 0 Å². The predicted octanol–water partition coefficient (Wildman–Crippen LogP) is 6.50. The highest BCUT2D eigenvalue weighted by atomic mass is 16.6. The maximum absolute atomic E-state index is 11.7. The third-order valence-electron chi connectivity index (χ3n) is 7.53. The molecule has 7 heteroatoms. The third kappa shape index (κ3) is 7.85. The summed E-state index contributed by atoms with van der Waals surface area (Å²) < 4.78 is 23.8. The monoisotopic (exact) mass is 555 g/mol. The molecule has 0 saturated carbocycles. The zero-order valence-corrected chi connectivity index (χ0v) is 23.4. The first-order valence-electron chi connectivity index (χ1n) is 14.0. The van der Waals surface area contributed by atoms with Crippen LogP contribution in [0.25, 0.3) is 10.8 Å². The molecule has 0 bridgehead atoms. The quantitative estimate of drug-likeness (QED) is 0.215. The van der Waals surface area contributed by atoms with E-state index in [-0.39, 0.29) is 18.1 Å². The summed E-state index contributed by atoms with van der Waals surface area (Å²) >= 11 is 0. The molecule has 214 valence electrons. The van der Waals surface area contributed by atoms with Crippen LogP contribution in [0, 0.1) is 0 Å². The van der Waals surface area contributed by atoms with E-state index in [2.05, 4.69) is 42.5 Å². The lowest BCUT2D eigenvalue weighted by Crippen LogP contribution is -2.46.